The number of hydrogen-bond acceptors (Lipinski definition) is 3. The standard InChI is InChI=1S/C16H19FN2O/c1-11-3-8-16(20-2)14(9-11)15(19-18)10-12-4-6-13(17)7-5-12/h3-9,15,19H,10,18H2,1-2H3. The van der Waals surface area contributed by atoms with Crippen LogP contribution in [0.25, 0.3) is 0 Å². The Morgan fingerprint density at radius 2 is 1.90 bits per heavy atom. The van der Waals surface area contributed by atoms with E-state index < -0.39 is 0 Å². The van der Waals surface area contributed by atoms with Gasteiger partial charge >= 0.3 is 0 Å². The van der Waals surface area contributed by atoms with Crippen molar-refractivity contribution in [2.45, 2.75) is 19.4 Å². The van der Waals surface area contributed by atoms with E-state index in [9.17, 15) is 4.39 Å². The average Bonchev–Trinajstić information content (AvgIpc) is 2.46. The molecule has 0 fully saturated rings. The van der Waals surface area contributed by atoms with Crippen LogP contribution in [0, 0.1) is 12.7 Å². The normalized spacial score (nSPS) is 12.2. The van der Waals surface area contributed by atoms with Gasteiger partial charge in [0.2, 0.25) is 0 Å². The number of aryl methyl sites for hydroxylation is 1. The van der Waals surface area contributed by atoms with E-state index in [2.05, 4.69) is 5.43 Å². The van der Waals surface area contributed by atoms with Crippen molar-refractivity contribution < 1.29 is 9.13 Å². The highest BCUT2D eigenvalue weighted by Crippen LogP contribution is 2.28. The van der Waals surface area contributed by atoms with Crippen LogP contribution in [-0.2, 0) is 6.42 Å². The van der Waals surface area contributed by atoms with Crippen LogP contribution < -0.4 is 16.0 Å². The summed E-state index contributed by atoms with van der Waals surface area (Å²) in [7, 11) is 1.64. The zero-order valence-corrected chi connectivity index (χ0v) is 11.7. The van der Waals surface area contributed by atoms with Gasteiger partial charge in [-0.15, -0.1) is 0 Å². The van der Waals surface area contributed by atoms with Crippen molar-refractivity contribution in [3.63, 3.8) is 0 Å². The molecule has 2 aromatic carbocycles. The van der Waals surface area contributed by atoms with Crippen molar-refractivity contribution in [1.29, 1.82) is 0 Å². The van der Waals surface area contributed by atoms with Crippen LogP contribution in [0.5, 0.6) is 5.75 Å². The van der Waals surface area contributed by atoms with Gasteiger partial charge in [-0.2, -0.15) is 0 Å². The number of hydrazine groups is 1. The van der Waals surface area contributed by atoms with E-state index in [1.54, 1.807) is 19.2 Å². The Morgan fingerprint density at radius 1 is 1.20 bits per heavy atom. The summed E-state index contributed by atoms with van der Waals surface area (Å²) in [5.41, 5.74) is 5.96. The fourth-order valence-electron chi connectivity index (χ4n) is 2.24. The number of ether oxygens (including phenoxy) is 1. The van der Waals surface area contributed by atoms with Crippen LogP contribution in [-0.4, -0.2) is 7.11 Å². The third-order valence-electron chi connectivity index (χ3n) is 3.31. The van der Waals surface area contributed by atoms with Gasteiger partial charge in [0.05, 0.1) is 13.2 Å². The van der Waals surface area contributed by atoms with E-state index in [4.69, 9.17) is 10.6 Å². The molecular formula is C16H19FN2O. The highest BCUT2D eigenvalue weighted by Gasteiger charge is 2.15. The molecule has 4 heteroatoms. The maximum atomic E-state index is 12.9. The molecular weight excluding hydrogens is 255 g/mol. The Bertz CT molecular complexity index is 569. The van der Waals surface area contributed by atoms with Gasteiger partial charge in [0.25, 0.3) is 0 Å². The summed E-state index contributed by atoms with van der Waals surface area (Å²) in [5.74, 6) is 6.23. The highest BCUT2D eigenvalue weighted by atomic mass is 19.1. The molecule has 0 bridgehead atoms. The van der Waals surface area contributed by atoms with Crippen LogP contribution in [0.1, 0.15) is 22.7 Å². The fraction of sp³-hybridized carbons (Fsp3) is 0.250. The molecule has 3 N–H and O–H groups in total. The molecule has 1 atom stereocenters. The smallest absolute Gasteiger partial charge is 0.123 e. The van der Waals surface area contributed by atoms with E-state index in [0.29, 0.717) is 6.42 Å². The van der Waals surface area contributed by atoms with Gasteiger partial charge in [-0.25, -0.2) is 4.39 Å². The Morgan fingerprint density at radius 3 is 2.50 bits per heavy atom. The number of nitrogens with two attached hydrogens (primary N) is 1. The number of hydrogen-bond donors (Lipinski definition) is 2. The molecule has 20 heavy (non-hydrogen) atoms. The van der Waals surface area contributed by atoms with Crippen molar-refractivity contribution in [1.82, 2.24) is 5.43 Å². The lowest BCUT2D eigenvalue weighted by atomic mass is 9.97. The zero-order chi connectivity index (χ0) is 14.5. The van der Waals surface area contributed by atoms with Gasteiger partial charge in [0, 0.05) is 5.56 Å². The van der Waals surface area contributed by atoms with E-state index >= 15 is 0 Å². The molecule has 106 valence electrons. The van der Waals surface area contributed by atoms with Crippen molar-refractivity contribution >= 4 is 0 Å². The first-order chi connectivity index (χ1) is 9.63. The summed E-state index contributed by atoms with van der Waals surface area (Å²) in [6, 6.07) is 12.3. The fourth-order valence-corrected chi connectivity index (χ4v) is 2.24. The molecule has 0 spiro atoms. The lowest BCUT2D eigenvalue weighted by Crippen LogP contribution is -2.30. The topological polar surface area (TPSA) is 47.3 Å². The van der Waals surface area contributed by atoms with Crippen molar-refractivity contribution in [2.75, 3.05) is 7.11 Å². The second-order valence-electron chi connectivity index (χ2n) is 4.80. The molecule has 0 saturated carbocycles. The third kappa shape index (κ3) is 3.35. The largest absolute Gasteiger partial charge is 0.496 e. The quantitative estimate of drug-likeness (QED) is 0.651. The minimum Gasteiger partial charge on any atom is -0.496 e. The molecule has 2 rings (SSSR count). The van der Waals surface area contributed by atoms with Crippen molar-refractivity contribution in [3.8, 4) is 5.75 Å². The first kappa shape index (κ1) is 14.5. The number of benzene rings is 2. The highest BCUT2D eigenvalue weighted by molar-refractivity contribution is 5.40. The lowest BCUT2D eigenvalue weighted by Gasteiger charge is -2.20. The van der Waals surface area contributed by atoms with Crippen LogP contribution in [0.15, 0.2) is 42.5 Å². The zero-order valence-electron chi connectivity index (χ0n) is 11.7. The maximum absolute atomic E-state index is 12.9. The minimum absolute atomic E-state index is 0.0877. The monoisotopic (exact) mass is 274 g/mol. The maximum Gasteiger partial charge on any atom is 0.123 e. The molecule has 0 amide bonds. The Hall–Kier alpha value is -1.91. The van der Waals surface area contributed by atoms with Gasteiger partial charge < -0.3 is 4.74 Å². The summed E-state index contributed by atoms with van der Waals surface area (Å²) in [4.78, 5) is 0. The second-order valence-corrected chi connectivity index (χ2v) is 4.80. The second kappa shape index (κ2) is 6.50. The molecule has 3 nitrogen and oxygen atoms in total. The molecule has 0 aliphatic carbocycles. The molecule has 0 radical (unpaired) electrons. The first-order valence-electron chi connectivity index (χ1n) is 6.49. The Balaban J connectivity index is 2.28. The first-order valence-corrected chi connectivity index (χ1v) is 6.49. The van der Waals surface area contributed by atoms with Gasteiger partial charge in [-0.05, 0) is 37.1 Å². The van der Waals surface area contributed by atoms with E-state index in [1.165, 1.54) is 12.1 Å². The SMILES string of the molecule is COc1ccc(C)cc1C(Cc1ccc(F)cc1)NN. The average molecular weight is 274 g/mol. The van der Waals surface area contributed by atoms with Crippen LogP contribution in [0.3, 0.4) is 0 Å². The number of rotatable bonds is 5. The van der Waals surface area contributed by atoms with E-state index in [0.717, 1.165) is 22.4 Å². The van der Waals surface area contributed by atoms with Crippen LogP contribution in [0.4, 0.5) is 4.39 Å². The minimum atomic E-state index is -0.237. The molecule has 0 heterocycles. The summed E-state index contributed by atoms with van der Waals surface area (Å²) >= 11 is 0. The van der Waals surface area contributed by atoms with Gasteiger partial charge in [-0.1, -0.05) is 29.8 Å². The van der Waals surface area contributed by atoms with Crippen molar-refractivity contribution in [3.05, 3.63) is 65.0 Å². The van der Waals surface area contributed by atoms with Crippen LogP contribution in [0.2, 0.25) is 0 Å². The number of methoxy groups -OCH3 is 1. The summed E-state index contributed by atoms with van der Waals surface area (Å²) in [5, 5.41) is 0. The predicted octanol–water partition coefficient (Wildman–Crippen LogP) is 2.89. The number of halogens is 1. The molecule has 2 aromatic rings. The van der Waals surface area contributed by atoms with Gasteiger partial charge in [-0.3, -0.25) is 11.3 Å². The van der Waals surface area contributed by atoms with E-state index in [1.807, 2.05) is 25.1 Å². The molecule has 0 saturated heterocycles. The summed E-state index contributed by atoms with van der Waals surface area (Å²) in [6.45, 7) is 2.02. The van der Waals surface area contributed by atoms with Gasteiger partial charge in [0.1, 0.15) is 11.6 Å². The molecule has 1 unspecified atom stereocenters. The molecule has 0 aromatic heterocycles. The number of nitrogens with one attached hydrogen (secondary N) is 1. The third-order valence-corrected chi connectivity index (χ3v) is 3.31. The predicted molar refractivity (Wildman–Crippen MR) is 77.9 cm³/mol. The Labute approximate surface area is 118 Å². The van der Waals surface area contributed by atoms with Crippen molar-refractivity contribution in [2.24, 2.45) is 5.84 Å². The lowest BCUT2D eigenvalue weighted by molar-refractivity contribution is 0.399. The van der Waals surface area contributed by atoms with E-state index in [-0.39, 0.29) is 11.9 Å². The Kier molecular flexibility index (Phi) is 4.71. The van der Waals surface area contributed by atoms with Crippen LogP contribution >= 0.6 is 0 Å². The van der Waals surface area contributed by atoms with Gasteiger partial charge in [0.15, 0.2) is 0 Å². The molecule has 0 aliphatic heterocycles. The summed E-state index contributed by atoms with van der Waals surface area (Å²) < 4.78 is 18.3. The summed E-state index contributed by atoms with van der Waals surface area (Å²) in [6.07, 6.45) is 0.663. The molecule has 0 aliphatic rings.